The Hall–Kier alpha value is -0.762. The molecule has 10 heteroatoms. The monoisotopic (exact) mass is 456 g/mol. The molecule has 0 saturated heterocycles. The van der Waals surface area contributed by atoms with Gasteiger partial charge in [0.25, 0.3) is 0 Å². The van der Waals surface area contributed by atoms with E-state index in [9.17, 15) is 10.5 Å². The number of hydrogen-bond donors (Lipinski definition) is 0. The minimum atomic E-state index is -3.41. The van der Waals surface area contributed by atoms with Crippen molar-refractivity contribution >= 4 is 50.5 Å². The lowest BCUT2D eigenvalue weighted by atomic mass is 10.1. The summed E-state index contributed by atoms with van der Waals surface area (Å²) in [4.78, 5) is 0. The van der Waals surface area contributed by atoms with Crippen LogP contribution in [-0.4, -0.2) is 33.8 Å². The van der Waals surface area contributed by atoms with E-state index in [1.54, 1.807) is 6.07 Å². The van der Waals surface area contributed by atoms with Crippen LogP contribution in [0.15, 0.2) is 12.1 Å². The van der Waals surface area contributed by atoms with Crippen LogP contribution in [0.4, 0.5) is 0 Å². The summed E-state index contributed by atoms with van der Waals surface area (Å²) in [5, 5.41) is 19.8. The maximum Gasteiger partial charge on any atom is 0.507 e. The molecule has 0 radical (unpaired) electrons. The lowest BCUT2D eigenvalue weighted by Crippen LogP contribution is -2.67. The summed E-state index contributed by atoms with van der Waals surface area (Å²) in [6.45, 7) is 18.7. The van der Waals surface area contributed by atoms with Crippen LogP contribution in [0.3, 0.4) is 0 Å². The van der Waals surface area contributed by atoms with Crippen molar-refractivity contribution in [1.29, 1.82) is 10.5 Å². The highest BCUT2D eigenvalue weighted by molar-refractivity contribution is 6.96. The molecule has 0 amide bonds. The molecule has 1 aromatic carbocycles. The summed E-state index contributed by atoms with van der Waals surface area (Å²) >= 11 is 6.59. The number of benzene rings is 1. The molecule has 148 valence electrons. The van der Waals surface area contributed by atoms with Crippen molar-refractivity contribution in [3.63, 3.8) is 0 Å². The van der Waals surface area contributed by atoms with Crippen LogP contribution in [0.1, 0.15) is 11.1 Å². The summed E-state index contributed by atoms with van der Waals surface area (Å²) in [5.74, 6) is 0. The van der Waals surface area contributed by atoms with E-state index in [4.69, 9.17) is 23.9 Å². The Bertz CT molecular complexity index is 743. The van der Waals surface area contributed by atoms with Crippen molar-refractivity contribution in [1.82, 2.24) is 0 Å². The molecule has 0 aliphatic rings. The molecule has 5 nitrogen and oxygen atoms in total. The number of nitrogens with zero attached hydrogens (tertiary/aromatic N) is 2. The molecule has 0 heterocycles. The van der Waals surface area contributed by atoms with E-state index in [-0.39, 0.29) is 11.1 Å². The summed E-state index contributed by atoms with van der Waals surface area (Å²) in [5.41, 5.74) is 0.495. The van der Waals surface area contributed by atoms with E-state index in [1.807, 2.05) is 6.07 Å². The van der Waals surface area contributed by atoms with Gasteiger partial charge in [-0.3, -0.25) is 0 Å². The van der Waals surface area contributed by atoms with Crippen LogP contribution >= 0.6 is 11.6 Å². The smallest absolute Gasteiger partial charge is 0.414 e. The van der Waals surface area contributed by atoms with Gasteiger partial charge in [0.1, 0.15) is 12.1 Å². The third-order valence-corrected chi connectivity index (χ3v) is 15.1. The van der Waals surface area contributed by atoms with E-state index in [0.29, 0.717) is 10.2 Å². The first-order valence-electron chi connectivity index (χ1n) is 8.77. The minimum Gasteiger partial charge on any atom is -0.414 e. The summed E-state index contributed by atoms with van der Waals surface area (Å²) in [7, 11) is -9.71. The molecule has 27 heavy (non-hydrogen) atoms. The first kappa shape index (κ1) is 24.3. The van der Waals surface area contributed by atoms with E-state index in [1.165, 1.54) is 6.07 Å². The Labute approximate surface area is 172 Å². The van der Waals surface area contributed by atoms with Crippen LogP contribution in [0.25, 0.3) is 0 Å². The Morgan fingerprint density at radius 2 is 1.04 bits per heavy atom. The molecular formula is C17H29ClN2O3Si4. The van der Waals surface area contributed by atoms with Crippen molar-refractivity contribution in [2.24, 2.45) is 0 Å². The largest absolute Gasteiger partial charge is 0.507 e. The lowest BCUT2D eigenvalue weighted by Gasteiger charge is -2.43. The summed E-state index contributed by atoms with van der Waals surface area (Å²) in [6, 6.07) is 7.26. The van der Waals surface area contributed by atoms with Gasteiger partial charge in [0.05, 0.1) is 11.1 Å². The maximum absolute atomic E-state index is 9.50. The van der Waals surface area contributed by atoms with Crippen molar-refractivity contribution in [3.8, 4) is 12.1 Å². The predicted molar refractivity (Wildman–Crippen MR) is 120 cm³/mol. The zero-order valence-electron chi connectivity index (χ0n) is 17.7. The van der Waals surface area contributed by atoms with Crippen LogP contribution in [0.5, 0.6) is 0 Å². The van der Waals surface area contributed by atoms with Crippen LogP contribution < -0.4 is 5.19 Å². The standard InChI is InChI=1S/C17H29ClN2O3Si4/c1-24(2,3)21-27(22-25(4,5)6,23-26(7,8)9)17-11-15(13-20)14(12-19)10-16(17)18/h10-11H,1-9H3. The van der Waals surface area contributed by atoms with Crippen LogP contribution in [-0.2, 0) is 12.3 Å². The van der Waals surface area contributed by atoms with Crippen molar-refractivity contribution in [3.05, 3.63) is 28.3 Å². The summed E-state index contributed by atoms with van der Waals surface area (Å²) in [6.07, 6.45) is 0. The number of nitriles is 2. The molecule has 0 aliphatic carbocycles. The molecule has 0 aromatic heterocycles. The Morgan fingerprint density at radius 1 is 0.704 bits per heavy atom. The molecule has 0 aliphatic heterocycles. The average Bonchev–Trinajstić information content (AvgIpc) is 2.40. The molecule has 0 N–H and O–H groups in total. The molecule has 0 spiro atoms. The van der Waals surface area contributed by atoms with Gasteiger partial charge in [0.2, 0.25) is 0 Å². The van der Waals surface area contributed by atoms with Gasteiger partial charge in [-0.15, -0.1) is 0 Å². The van der Waals surface area contributed by atoms with E-state index in [2.05, 4.69) is 65.0 Å². The van der Waals surface area contributed by atoms with E-state index in [0.717, 1.165) is 0 Å². The Kier molecular flexibility index (Phi) is 7.47. The fourth-order valence-electron chi connectivity index (χ4n) is 2.43. The van der Waals surface area contributed by atoms with Gasteiger partial charge in [0, 0.05) is 10.2 Å². The highest BCUT2D eigenvalue weighted by Crippen LogP contribution is 2.29. The van der Waals surface area contributed by atoms with Gasteiger partial charge in [-0.25, -0.2) is 0 Å². The zero-order valence-corrected chi connectivity index (χ0v) is 22.4. The van der Waals surface area contributed by atoms with E-state index >= 15 is 0 Å². The van der Waals surface area contributed by atoms with Crippen LogP contribution in [0.2, 0.25) is 63.9 Å². The fourth-order valence-corrected chi connectivity index (χ4v) is 16.2. The average molecular weight is 457 g/mol. The highest BCUT2D eigenvalue weighted by atomic mass is 35.5. The quantitative estimate of drug-likeness (QED) is 0.551. The minimum absolute atomic E-state index is 0.239. The van der Waals surface area contributed by atoms with Gasteiger partial charge in [-0.05, 0) is 71.1 Å². The summed E-state index contributed by atoms with van der Waals surface area (Å²) < 4.78 is 19.9. The van der Waals surface area contributed by atoms with Crippen LogP contribution in [0, 0.1) is 22.7 Å². The molecule has 1 aromatic rings. The number of halogens is 1. The first-order valence-corrected chi connectivity index (χ1v) is 21.1. The molecule has 0 atom stereocenters. The fraction of sp³-hybridized carbons (Fsp3) is 0.529. The van der Waals surface area contributed by atoms with Gasteiger partial charge in [0.15, 0.2) is 25.0 Å². The first-order chi connectivity index (χ1) is 12.0. The second kappa shape index (κ2) is 8.31. The molecule has 0 fully saturated rings. The second-order valence-electron chi connectivity index (χ2n) is 9.30. The van der Waals surface area contributed by atoms with Crippen molar-refractivity contribution in [2.75, 3.05) is 0 Å². The Morgan fingerprint density at radius 3 is 1.33 bits per heavy atom. The normalized spacial score (nSPS) is 13.2. The molecule has 0 saturated carbocycles. The SMILES string of the molecule is C[Si](C)(C)O[Si](O[Si](C)(C)C)(O[Si](C)(C)C)c1cc(C#N)c(C#N)cc1Cl. The molecule has 0 bridgehead atoms. The molecular weight excluding hydrogens is 428 g/mol. The molecule has 1 rings (SSSR count). The Balaban J connectivity index is 3.85. The van der Waals surface area contributed by atoms with E-state index < -0.39 is 33.8 Å². The zero-order chi connectivity index (χ0) is 21.3. The predicted octanol–water partition coefficient (Wildman–Crippen LogP) is 4.78. The van der Waals surface area contributed by atoms with Gasteiger partial charge in [-0.2, -0.15) is 10.5 Å². The van der Waals surface area contributed by atoms with Gasteiger partial charge < -0.3 is 12.3 Å². The molecule has 0 unspecified atom stereocenters. The van der Waals surface area contributed by atoms with Gasteiger partial charge in [-0.1, -0.05) is 11.6 Å². The van der Waals surface area contributed by atoms with Crippen molar-refractivity contribution in [2.45, 2.75) is 58.9 Å². The second-order valence-corrected chi connectivity index (χ2v) is 26.5. The maximum atomic E-state index is 9.50. The topological polar surface area (TPSA) is 75.3 Å². The van der Waals surface area contributed by atoms with Crippen molar-refractivity contribution < 1.29 is 12.3 Å². The number of rotatable bonds is 7. The highest BCUT2D eigenvalue weighted by Gasteiger charge is 2.53. The van der Waals surface area contributed by atoms with Gasteiger partial charge >= 0.3 is 8.80 Å². The third kappa shape index (κ3) is 7.29. The lowest BCUT2D eigenvalue weighted by molar-refractivity contribution is 0.273. The number of hydrogen-bond acceptors (Lipinski definition) is 5. The third-order valence-electron chi connectivity index (χ3n) is 3.00.